The van der Waals surface area contributed by atoms with Crippen molar-refractivity contribution in [2.24, 2.45) is 0 Å². The van der Waals surface area contributed by atoms with Crippen LogP contribution < -0.4 is 24.4 Å². The fourth-order valence-electron chi connectivity index (χ4n) is 3.77. The topological polar surface area (TPSA) is 77.1 Å². The van der Waals surface area contributed by atoms with Crippen molar-refractivity contribution in [3.63, 3.8) is 0 Å². The van der Waals surface area contributed by atoms with E-state index < -0.39 is 11.8 Å². The summed E-state index contributed by atoms with van der Waals surface area (Å²) in [7, 11) is 1.54. The van der Waals surface area contributed by atoms with Crippen LogP contribution in [0, 0.1) is 0 Å². The molecule has 0 saturated heterocycles. The molecule has 1 aliphatic heterocycles. The molecule has 0 aromatic heterocycles. The number of para-hydroxylation sites is 2. The van der Waals surface area contributed by atoms with E-state index >= 15 is 0 Å². The molecule has 7 nitrogen and oxygen atoms in total. The summed E-state index contributed by atoms with van der Waals surface area (Å²) in [6.45, 7) is 4.78. The molecule has 4 rings (SSSR count). The molecular weight excluding hydrogens is 432 g/mol. The van der Waals surface area contributed by atoms with Gasteiger partial charge in [-0.3, -0.25) is 9.59 Å². The van der Waals surface area contributed by atoms with E-state index in [2.05, 4.69) is 5.32 Å². The van der Waals surface area contributed by atoms with E-state index in [0.717, 1.165) is 4.90 Å². The van der Waals surface area contributed by atoms with Crippen molar-refractivity contribution in [2.45, 2.75) is 13.8 Å². The van der Waals surface area contributed by atoms with Gasteiger partial charge in [-0.15, -0.1) is 0 Å². The van der Waals surface area contributed by atoms with Gasteiger partial charge in [0.1, 0.15) is 22.9 Å². The Morgan fingerprint density at radius 2 is 1.53 bits per heavy atom. The number of anilines is 2. The predicted octanol–water partition coefficient (Wildman–Crippen LogP) is 4.89. The number of carbonyl (C=O) groups is 2. The molecule has 0 radical (unpaired) electrons. The highest BCUT2D eigenvalue weighted by Crippen LogP contribution is 2.36. The summed E-state index contributed by atoms with van der Waals surface area (Å²) in [5, 5.41) is 3.17. The molecule has 0 fully saturated rings. The summed E-state index contributed by atoms with van der Waals surface area (Å²) in [5.74, 6) is 0.921. The third-order valence-corrected chi connectivity index (χ3v) is 5.30. The lowest BCUT2D eigenvalue weighted by atomic mass is 10.0. The number of nitrogens with zero attached hydrogens (tertiary/aromatic N) is 1. The number of ether oxygens (including phenoxy) is 3. The van der Waals surface area contributed by atoms with Crippen molar-refractivity contribution >= 4 is 28.8 Å². The van der Waals surface area contributed by atoms with Gasteiger partial charge in [-0.1, -0.05) is 30.3 Å². The van der Waals surface area contributed by atoms with Gasteiger partial charge in [0.25, 0.3) is 11.8 Å². The van der Waals surface area contributed by atoms with Crippen LogP contribution in [-0.4, -0.2) is 32.1 Å². The number of hydrogen-bond acceptors (Lipinski definition) is 6. The second kappa shape index (κ2) is 10.1. The lowest BCUT2D eigenvalue weighted by molar-refractivity contribution is -0.120. The van der Waals surface area contributed by atoms with Gasteiger partial charge in [0.2, 0.25) is 0 Å². The predicted molar refractivity (Wildman–Crippen MR) is 131 cm³/mol. The molecule has 0 aliphatic carbocycles. The molecule has 3 aromatic rings. The van der Waals surface area contributed by atoms with E-state index in [0.29, 0.717) is 47.4 Å². The van der Waals surface area contributed by atoms with Crippen molar-refractivity contribution in [1.82, 2.24) is 0 Å². The molecular formula is C27H26N2O5. The monoisotopic (exact) mass is 458 g/mol. The van der Waals surface area contributed by atoms with Crippen LogP contribution in [-0.2, 0) is 9.59 Å². The van der Waals surface area contributed by atoms with Gasteiger partial charge in [0, 0.05) is 6.07 Å². The molecule has 1 heterocycles. The third-order valence-electron chi connectivity index (χ3n) is 5.30. The number of nitrogens with one attached hydrogen (secondary N) is 1. The summed E-state index contributed by atoms with van der Waals surface area (Å²) in [6.07, 6.45) is 0. The minimum absolute atomic E-state index is 0.170. The molecule has 174 valence electrons. The summed E-state index contributed by atoms with van der Waals surface area (Å²) in [5.41, 5.74) is 2.05. The number of amides is 2. The van der Waals surface area contributed by atoms with Crippen LogP contribution in [0.3, 0.4) is 0 Å². The summed E-state index contributed by atoms with van der Waals surface area (Å²) in [6, 6.07) is 21.3. The Bertz CT molecular complexity index is 1230. The zero-order chi connectivity index (χ0) is 24.1. The van der Waals surface area contributed by atoms with Crippen LogP contribution in [0.2, 0.25) is 0 Å². The van der Waals surface area contributed by atoms with E-state index in [9.17, 15) is 9.59 Å². The standard InChI is InChI=1S/C27H26N2O5/c1-4-33-20-15-13-18(14-16-20)24-25(28-22-11-6-7-12-23(22)34-5-2)27(31)29(26(24)30)19-9-8-10-21(17-19)32-3/h6-17,28H,4-5H2,1-3H3. The second-order valence-electron chi connectivity index (χ2n) is 7.41. The van der Waals surface area contributed by atoms with Crippen LogP contribution in [0.25, 0.3) is 5.57 Å². The Balaban J connectivity index is 1.80. The maximum absolute atomic E-state index is 13.6. The average Bonchev–Trinajstić information content (AvgIpc) is 3.10. The molecule has 0 unspecified atom stereocenters. The lowest BCUT2D eigenvalue weighted by Crippen LogP contribution is -2.32. The average molecular weight is 459 g/mol. The Morgan fingerprint density at radius 1 is 0.794 bits per heavy atom. The quantitative estimate of drug-likeness (QED) is 0.460. The summed E-state index contributed by atoms with van der Waals surface area (Å²) < 4.78 is 16.5. The normalized spacial score (nSPS) is 13.3. The molecule has 34 heavy (non-hydrogen) atoms. The molecule has 0 atom stereocenters. The van der Waals surface area contributed by atoms with Crippen molar-refractivity contribution in [2.75, 3.05) is 30.5 Å². The first kappa shape index (κ1) is 22.9. The van der Waals surface area contributed by atoms with E-state index in [4.69, 9.17) is 14.2 Å². The molecule has 2 amide bonds. The van der Waals surface area contributed by atoms with Gasteiger partial charge < -0.3 is 19.5 Å². The van der Waals surface area contributed by atoms with Gasteiger partial charge in [-0.2, -0.15) is 0 Å². The number of methoxy groups -OCH3 is 1. The van der Waals surface area contributed by atoms with Crippen molar-refractivity contribution < 1.29 is 23.8 Å². The van der Waals surface area contributed by atoms with Crippen LogP contribution in [0.4, 0.5) is 11.4 Å². The number of hydrogen-bond donors (Lipinski definition) is 1. The number of carbonyl (C=O) groups excluding carboxylic acids is 2. The summed E-state index contributed by atoms with van der Waals surface area (Å²) in [4.78, 5) is 28.4. The Kier molecular flexibility index (Phi) is 6.82. The third kappa shape index (κ3) is 4.45. The molecule has 1 aliphatic rings. The van der Waals surface area contributed by atoms with Crippen molar-refractivity contribution in [3.05, 3.63) is 84.1 Å². The van der Waals surface area contributed by atoms with Gasteiger partial charge in [-0.25, -0.2) is 4.90 Å². The van der Waals surface area contributed by atoms with E-state index in [1.54, 1.807) is 54.6 Å². The minimum Gasteiger partial charge on any atom is -0.497 e. The van der Waals surface area contributed by atoms with Gasteiger partial charge in [0.15, 0.2) is 0 Å². The Labute approximate surface area is 198 Å². The zero-order valence-electron chi connectivity index (χ0n) is 19.3. The van der Waals surface area contributed by atoms with Crippen LogP contribution in [0.5, 0.6) is 17.2 Å². The molecule has 1 N–H and O–H groups in total. The van der Waals surface area contributed by atoms with Gasteiger partial charge >= 0.3 is 0 Å². The summed E-state index contributed by atoms with van der Waals surface area (Å²) >= 11 is 0. The minimum atomic E-state index is -0.464. The van der Waals surface area contributed by atoms with Crippen LogP contribution in [0.15, 0.2) is 78.5 Å². The molecule has 7 heteroatoms. The molecule has 0 saturated carbocycles. The van der Waals surface area contributed by atoms with Gasteiger partial charge in [-0.05, 0) is 55.8 Å². The Morgan fingerprint density at radius 3 is 2.24 bits per heavy atom. The fraction of sp³-hybridized carbons (Fsp3) is 0.185. The molecule has 0 spiro atoms. The lowest BCUT2D eigenvalue weighted by Gasteiger charge is -2.16. The van der Waals surface area contributed by atoms with E-state index in [-0.39, 0.29) is 11.3 Å². The second-order valence-corrected chi connectivity index (χ2v) is 7.41. The number of rotatable bonds is 9. The first-order valence-corrected chi connectivity index (χ1v) is 11.1. The zero-order valence-corrected chi connectivity index (χ0v) is 19.3. The first-order chi connectivity index (χ1) is 16.6. The Hall–Kier alpha value is -4.26. The largest absolute Gasteiger partial charge is 0.497 e. The maximum Gasteiger partial charge on any atom is 0.282 e. The van der Waals surface area contributed by atoms with Crippen LogP contribution >= 0.6 is 0 Å². The van der Waals surface area contributed by atoms with Crippen LogP contribution in [0.1, 0.15) is 19.4 Å². The van der Waals surface area contributed by atoms with E-state index in [1.165, 1.54) is 7.11 Å². The van der Waals surface area contributed by atoms with Gasteiger partial charge in [0.05, 0.1) is 37.3 Å². The highest BCUT2D eigenvalue weighted by molar-refractivity contribution is 6.46. The smallest absolute Gasteiger partial charge is 0.282 e. The fourth-order valence-corrected chi connectivity index (χ4v) is 3.77. The SMILES string of the molecule is CCOc1ccc(C2=C(Nc3ccccc3OCC)C(=O)N(c3cccc(OC)c3)C2=O)cc1. The molecule has 3 aromatic carbocycles. The number of benzene rings is 3. The highest BCUT2D eigenvalue weighted by atomic mass is 16.5. The molecule has 0 bridgehead atoms. The van der Waals surface area contributed by atoms with Crippen molar-refractivity contribution in [1.29, 1.82) is 0 Å². The first-order valence-electron chi connectivity index (χ1n) is 11.1. The van der Waals surface area contributed by atoms with Crippen molar-refractivity contribution in [3.8, 4) is 17.2 Å². The number of imide groups is 1. The maximum atomic E-state index is 13.6. The van der Waals surface area contributed by atoms with E-state index in [1.807, 2.05) is 32.0 Å². The highest BCUT2D eigenvalue weighted by Gasteiger charge is 2.40.